The van der Waals surface area contributed by atoms with Crippen molar-refractivity contribution in [1.82, 2.24) is 9.29 Å². The van der Waals surface area contributed by atoms with Crippen molar-refractivity contribution in [3.63, 3.8) is 0 Å². The highest BCUT2D eigenvalue weighted by molar-refractivity contribution is 7.99. The van der Waals surface area contributed by atoms with E-state index >= 15 is 0 Å². The second kappa shape index (κ2) is 8.21. The molecule has 8 nitrogen and oxygen atoms in total. The van der Waals surface area contributed by atoms with Gasteiger partial charge in [0.15, 0.2) is 0 Å². The molecule has 154 valence electrons. The molecule has 2 saturated heterocycles. The Morgan fingerprint density at radius 2 is 1.93 bits per heavy atom. The van der Waals surface area contributed by atoms with Gasteiger partial charge in [0.1, 0.15) is 10.6 Å². The zero-order chi connectivity index (χ0) is 20.4. The van der Waals surface area contributed by atoms with Gasteiger partial charge in [-0.3, -0.25) is 9.59 Å². The van der Waals surface area contributed by atoms with Crippen LogP contribution in [0.3, 0.4) is 0 Å². The molecule has 2 fully saturated rings. The van der Waals surface area contributed by atoms with Gasteiger partial charge in [0, 0.05) is 55.1 Å². The molecule has 2 amide bonds. The molecule has 2 aliphatic heterocycles. The molecular formula is C19H22N4O4S2. The third-order valence-corrected chi connectivity index (χ3v) is 7.82. The lowest BCUT2D eigenvalue weighted by Gasteiger charge is -2.24. The van der Waals surface area contributed by atoms with Gasteiger partial charge in [0.2, 0.25) is 15.9 Å². The number of nitrogens with one attached hydrogen (secondary N) is 2. The van der Waals surface area contributed by atoms with Crippen molar-refractivity contribution in [3.05, 3.63) is 42.2 Å². The Morgan fingerprint density at radius 1 is 1.14 bits per heavy atom. The van der Waals surface area contributed by atoms with Gasteiger partial charge in [0.25, 0.3) is 5.91 Å². The van der Waals surface area contributed by atoms with E-state index in [1.54, 1.807) is 34.9 Å². The van der Waals surface area contributed by atoms with Crippen LogP contribution in [0.4, 0.5) is 11.4 Å². The first kappa shape index (κ1) is 20.0. The van der Waals surface area contributed by atoms with Crippen molar-refractivity contribution in [2.45, 2.75) is 17.7 Å². The summed E-state index contributed by atoms with van der Waals surface area (Å²) >= 11 is 1.73. The fourth-order valence-corrected chi connectivity index (χ4v) is 6.03. The highest BCUT2D eigenvalue weighted by Crippen LogP contribution is 2.25. The zero-order valence-electron chi connectivity index (χ0n) is 15.8. The normalized spacial score (nSPS) is 18.2. The van der Waals surface area contributed by atoms with Crippen LogP contribution < -0.4 is 10.2 Å². The van der Waals surface area contributed by atoms with Crippen LogP contribution >= 0.6 is 11.8 Å². The van der Waals surface area contributed by atoms with Crippen LogP contribution in [0.2, 0.25) is 0 Å². The van der Waals surface area contributed by atoms with Crippen LogP contribution in [-0.2, 0) is 14.8 Å². The topological polar surface area (TPSA) is 103 Å². The summed E-state index contributed by atoms with van der Waals surface area (Å²) in [7, 11) is -3.61. The number of rotatable bonds is 5. The van der Waals surface area contributed by atoms with Gasteiger partial charge in [-0.05, 0) is 30.7 Å². The molecule has 1 aromatic carbocycles. The summed E-state index contributed by atoms with van der Waals surface area (Å²) in [6.45, 7) is 1.62. The second-order valence-electron chi connectivity index (χ2n) is 6.92. The van der Waals surface area contributed by atoms with E-state index < -0.39 is 15.9 Å². The molecule has 2 N–H and O–H groups in total. The predicted molar refractivity (Wildman–Crippen MR) is 113 cm³/mol. The number of sulfonamides is 1. The summed E-state index contributed by atoms with van der Waals surface area (Å²) in [5, 5.41) is 2.76. The molecule has 29 heavy (non-hydrogen) atoms. The van der Waals surface area contributed by atoms with Gasteiger partial charge in [0.05, 0.1) is 0 Å². The van der Waals surface area contributed by atoms with Gasteiger partial charge < -0.3 is 15.2 Å². The van der Waals surface area contributed by atoms with E-state index in [1.165, 1.54) is 16.6 Å². The maximum atomic E-state index is 12.7. The molecule has 0 unspecified atom stereocenters. The summed E-state index contributed by atoms with van der Waals surface area (Å²) in [6, 6.07) is 8.44. The number of aromatic nitrogens is 1. The first-order chi connectivity index (χ1) is 13.9. The summed E-state index contributed by atoms with van der Waals surface area (Å²) in [6.07, 6.45) is 2.71. The molecule has 0 saturated carbocycles. The standard InChI is InChI=1S/C19H22N4O4S2/c24-18-5-2-6-23(18)15-4-1-3-14(11-15)21-19(25)17-12-16(13-20-17)29(26,27)22-7-9-28-10-8-22/h1,3-4,11-13,20H,2,5-10H2,(H,21,25). The fourth-order valence-electron chi connectivity index (χ4n) is 3.46. The quantitative estimate of drug-likeness (QED) is 0.751. The molecule has 2 aliphatic rings. The molecule has 0 atom stereocenters. The number of aromatic amines is 1. The number of H-pyrrole nitrogens is 1. The molecule has 1 aromatic heterocycles. The zero-order valence-corrected chi connectivity index (χ0v) is 17.4. The maximum Gasteiger partial charge on any atom is 0.272 e. The van der Waals surface area contributed by atoms with Gasteiger partial charge in [-0.2, -0.15) is 16.1 Å². The minimum Gasteiger partial charge on any atom is -0.356 e. The van der Waals surface area contributed by atoms with Crippen LogP contribution in [0, 0.1) is 0 Å². The lowest BCUT2D eigenvalue weighted by atomic mass is 10.2. The van der Waals surface area contributed by atoms with E-state index in [-0.39, 0.29) is 16.5 Å². The van der Waals surface area contributed by atoms with Crippen molar-refractivity contribution >= 4 is 45.0 Å². The average Bonchev–Trinajstić information content (AvgIpc) is 3.38. The van der Waals surface area contributed by atoms with Crippen LogP contribution in [0.15, 0.2) is 41.4 Å². The molecule has 0 aliphatic carbocycles. The second-order valence-corrected chi connectivity index (χ2v) is 10.1. The summed E-state index contributed by atoms with van der Waals surface area (Å²) in [5.74, 6) is 1.18. The lowest BCUT2D eigenvalue weighted by molar-refractivity contribution is -0.117. The number of carbonyl (C=O) groups is 2. The number of nitrogens with zero attached hydrogens (tertiary/aromatic N) is 2. The largest absolute Gasteiger partial charge is 0.356 e. The predicted octanol–water partition coefficient (Wildman–Crippen LogP) is 2.13. The molecule has 0 bridgehead atoms. The minimum absolute atomic E-state index is 0.0730. The Morgan fingerprint density at radius 3 is 2.66 bits per heavy atom. The highest BCUT2D eigenvalue weighted by Gasteiger charge is 2.28. The van der Waals surface area contributed by atoms with E-state index in [0.717, 1.165) is 23.6 Å². The Kier molecular flexibility index (Phi) is 5.66. The number of anilines is 2. The minimum atomic E-state index is -3.61. The van der Waals surface area contributed by atoms with E-state index in [4.69, 9.17) is 0 Å². The van der Waals surface area contributed by atoms with Crippen molar-refractivity contribution in [2.24, 2.45) is 0 Å². The molecule has 0 radical (unpaired) electrons. The Balaban J connectivity index is 1.48. The SMILES string of the molecule is O=C(Nc1cccc(N2CCCC2=O)c1)c1cc(S(=O)(=O)N2CCSCC2)c[nH]1. The number of hydrogen-bond acceptors (Lipinski definition) is 5. The monoisotopic (exact) mass is 434 g/mol. The van der Waals surface area contributed by atoms with E-state index in [0.29, 0.717) is 31.7 Å². The number of amides is 2. The molecule has 4 rings (SSSR count). The third-order valence-electron chi connectivity index (χ3n) is 5.00. The van der Waals surface area contributed by atoms with Gasteiger partial charge in [-0.1, -0.05) is 6.07 Å². The van der Waals surface area contributed by atoms with Crippen molar-refractivity contribution in [3.8, 4) is 0 Å². The molecular weight excluding hydrogens is 412 g/mol. The van der Waals surface area contributed by atoms with Crippen molar-refractivity contribution in [1.29, 1.82) is 0 Å². The summed E-state index contributed by atoms with van der Waals surface area (Å²) in [4.78, 5) is 29.1. The van der Waals surface area contributed by atoms with Gasteiger partial charge in [-0.15, -0.1) is 0 Å². The fraction of sp³-hybridized carbons (Fsp3) is 0.368. The Labute approximate surface area is 173 Å². The number of hydrogen-bond donors (Lipinski definition) is 2. The van der Waals surface area contributed by atoms with Crippen LogP contribution in [0.25, 0.3) is 0 Å². The van der Waals surface area contributed by atoms with Crippen LogP contribution in [0.5, 0.6) is 0 Å². The lowest BCUT2D eigenvalue weighted by Crippen LogP contribution is -2.37. The molecule has 10 heteroatoms. The highest BCUT2D eigenvalue weighted by atomic mass is 32.2. The number of carbonyl (C=O) groups excluding carboxylic acids is 2. The molecule has 3 heterocycles. The van der Waals surface area contributed by atoms with E-state index in [1.807, 2.05) is 6.07 Å². The van der Waals surface area contributed by atoms with E-state index in [2.05, 4.69) is 10.3 Å². The number of benzene rings is 1. The van der Waals surface area contributed by atoms with Gasteiger partial charge >= 0.3 is 0 Å². The average molecular weight is 435 g/mol. The smallest absolute Gasteiger partial charge is 0.272 e. The number of thioether (sulfide) groups is 1. The van der Waals surface area contributed by atoms with Crippen LogP contribution in [-0.4, -0.2) is 60.7 Å². The molecule has 0 spiro atoms. The van der Waals surface area contributed by atoms with Gasteiger partial charge in [-0.25, -0.2) is 8.42 Å². The third kappa shape index (κ3) is 4.19. The maximum absolute atomic E-state index is 12.7. The summed E-state index contributed by atoms with van der Waals surface area (Å²) < 4.78 is 26.9. The Hall–Kier alpha value is -2.30. The van der Waals surface area contributed by atoms with Crippen LogP contribution in [0.1, 0.15) is 23.3 Å². The first-order valence-corrected chi connectivity index (χ1v) is 12.0. The first-order valence-electron chi connectivity index (χ1n) is 9.43. The van der Waals surface area contributed by atoms with Crippen molar-refractivity contribution < 1.29 is 18.0 Å². The molecule has 2 aromatic rings. The Bertz CT molecular complexity index is 1030. The summed E-state index contributed by atoms with van der Waals surface area (Å²) in [5.41, 5.74) is 1.44. The van der Waals surface area contributed by atoms with Crippen molar-refractivity contribution in [2.75, 3.05) is 41.4 Å². The van der Waals surface area contributed by atoms with E-state index in [9.17, 15) is 18.0 Å².